The van der Waals surface area contributed by atoms with E-state index < -0.39 is 0 Å². The average Bonchev–Trinajstić information content (AvgIpc) is 2.80. The summed E-state index contributed by atoms with van der Waals surface area (Å²) in [6, 6.07) is 30.1. The Morgan fingerprint density at radius 3 is 2.14 bits per heavy atom. The van der Waals surface area contributed by atoms with Crippen LogP contribution in [0.15, 0.2) is 90.5 Å². The van der Waals surface area contributed by atoms with E-state index in [4.69, 9.17) is 4.74 Å². The summed E-state index contributed by atoms with van der Waals surface area (Å²) in [4.78, 5) is 1.68. The highest BCUT2D eigenvalue weighted by Gasteiger charge is 2.34. The topological polar surface area (TPSA) is 13.7 Å². The van der Waals surface area contributed by atoms with Crippen LogP contribution < -0.4 is 9.64 Å². The van der Waals surface area contributed by atoms with Gasteiger partial charge in [-0.2, -0.15) is 0 Å². The Balaban J connectivity index is 1.67. The number of para-hydroxylation sites is 1. The maximum Gasteiger partial charge on any atom is 0.140 e. The molecule has 0 bridgehead atoms. The standard InChI is InChI=1S/C27H27NO/c1-4-12-21(13-5-1)26-23-16-8-9-17-25(23)29-27(22-14-6-2-7-15-22)24(26)20-28-18-10-3-11-19-28/h1-2,4-9,12-17,26H,3,10-11,18-20H2/p+1/t26-/m1/s1. The molecule has 0 aromatic heterocycles. The summed E-state index contributed by atoms with van der Waals surface area (Å²) >= 11 is 0. The van der Waals surface area contributed by atoms with Crippen molar-refractivity contribution in [3.05, 3.63) is 107 Å². The number of likely N-dealkylation sites (tertiary alicyclic amines) is 1. The van der Waals surface area contributed by atoms with E-state index in [9.17, 15) is 0 Å². The normalized spacial score (nSPS) is 19.5. The predicted octanol–water partition coefficient (Wildman–Crippen LogP) is 4.69. The lowest BCUT2D eigenvalue weighted by atomic mass is 9.81. The summed E-state index contributed by atoms with van der Waals surface area (Å²) in [5.74, 6) is 2.28. The smallest absolute Gasteiger partial charge is 0.140 e. The van der Waals surface area contributed by atoms with E-state index in [-0.39, 0.29) is 5.92 Å². The molecule has 1 atom stereocenters. The Kier molecular flexibility index (Phi) is 5.19. The van der Waals surface area contributed by atoms with Crippen LogP contribution in [0.4, 0.5) is 0 Å². The molecule has 0 amide bonds. The lowest BCUT2D eigenvalue weighted by Crippen LogP contribution is -3.13. The van der Waals surface area contributed by atoms with E-state index in [0.717, 1.165) is 18.1 Å². The molecule has 2 aliphatic heterocycles. The average molecular weight is 383 g/mol. The van der Waals surface area contributed by atoms with Crippen molar-refractivity contribution in [2.24, 2.45) is 0 Å². The van der Waals surface area contributed by atoms with Crippen molar-refractivity contribution in [2.75, 3.05) is 19.6 Å². The third-order valence-corrected chi connectivity index (χ3v) is 6.25. The van der Waals surface area contributed by atoms with Crippen molar-refractivity contribution in [2.45, 2.75) is 25.2 Å². The van der Waals surface area contributed by atoms with Gasteiger partial charge in [-0.3, -0.25) is 0 Å². The lowest BCUT2D eigenvalue weighted by Gasteiger charge is -2.34. The molecule has 3 aromatic rings. The van der Waals surface area contributed by atoms with E-state index in [2.05, 4.69) is 84.9 Å². The number of ether oxygens (including phenoxy) is 1. The molecule has 1 fully saturated rings. The van der Waals surface area contributed by atoms with Crippen LogP contribution in [0.5, 0.6) is 5.75 Å². The fourth-order valence-electron chi connectivity index (χ4n) is 4.85. The zero-order valence-electron chi connectivity index (χ0n) is 16.8. The van der Waals surface area contributed by atoms with Gasteiger partial charge in [-0.05, 0) is 30.9 Å². The van der Waals surface area contributed by atoms with E-state index in [1.807, 2.05) is 0 Å². The zero-order valence-corrected chi connectivity index (χ0v) is 16.8. The Hall–Kier alpha value is -2.84. The molecule has 0 unspecified atom stereocenters. The van der Waals surface area contributed by atoms with Gasteiger partial charge in [0, 0.05) is 22.6 Å². The predicted molar refractivity (Wildman–Crippen MR) is 118 cm³/mol. The Morgan fingerprint density at radius 1 is 0.724 bits per heavy atom. The van der Waals surface area contributed by atoms with Crippen LogP contribution in [-0.4, -0.2) is 19.6 Å². The third-order valence-electron chi connectivity index (χ3n) is 6.25. The molecule has 3 aromatic carbocycles. The Bertz CT molecular complexity index is 987. The van der Waals surface area contributed by atoms with E-state index in [0.29, 0.717) is 0 Å². The van der Waals surface area contributed by atoms with Crippen LogP contribution in [-0.2, 0) is 0 Å². The van der Waals surface area contributed by atoms with Crippen molar-refractivity contribution in [1.82, 2.24) is 0 Å². The van der Waals surface area contributed by atoms with Crippen molar-refractivity contribution in [3.8, 4) is 5.75 Å². The second-order valence-corrected chi connectivity index (χ2v) is 8.19. The molecule has 2 heterocycles. The summed E-state index contributed by atoms with van der Waals surface area (Å²) in [5.41, 5.74) is 5.22. The molecular formula is C27H28NO+. The molecule has 29 heavy (non-hydrogen) atoms. The molecule has 2 nitrogen and oxygen atoms in total. The minimum Gasteiger partial charge on any atom is -0.456 e. The van der Waals surface area contributed by atoms with Gasteiger partial charge in [0.2, 0.25) is 0 Å². The third kappa shape index (κ3) is 3.73. The summed E-state index contributed by atoms with van der Waals surface area (Å²) < 4.78 is 6.59. The highest BCUT2D eigenvalue weighted by molar-refractivity contribution is 5.72. The molecule has 0 spiro atoms. The molecule has 2 aliphatic rings. The van der Waals surface area contributed by atoms with E-state index in [1.165, 1.54) is 54.6 Å². The highest BCUT2D eigenvalue weighted by Crippen LogP contribution is 2.45. The van der Waals surface area contributed by atoms with Gasteiger partial charge in [-0.1, -0.05) is 78.9 Å². The Morgan fingerprint density at radius 2 is 1.38 bits per heavy atom. The largest absolute Gasteiger partial charge is 0.456 e. The monoisotopic (exact) mass is 382 g/mol. The van der Waals surface area contributed by atoms with Crippen molar-refractivity contribution < 1.29 is 9.64 Å². The van der Waals surface area contributed by atoms with Gasteiger partial charge in [0.05, 0.1) is 13.1 Å². The number of hydrogen-bond donors (Lipinski definition) is 1. The number of benzene rings is 3. The maximum absolute atomic E-state index is 6.59. The van der Waals surface area contributed by atoms with Gasteiger partial charge in [0.25, 0.3) is 0 Å². The zero-order chi connectivity index (χ0) is 19.5. The second kappa shape index (κ2) is 8.26. The Labute approximate surface area is 173 Å². The molecule has 5 rings (SSSR count). The van der Waals surface area contributed by atoms with Gasteiger partial charge >= 0.3 is 0 Å². The number of quaternary nitrogens is 1. The summed E-state index contributed by atoms with van der Waals surface area (Å²) in [6.07, 6.45) is 4.03. The molecule has 146 valence electrons. The van der Waals surface area contributed by atoms with Gasteiger partial charge in [-0.15, -0.1) is 0 Å². The van der Waals surface area contributed by atoms with Gasteiger partial charge in [0.15, 0.2) is 0 Å². The number of fused-ring (bicyclic) bond motifs is 1. The van der Waals surface area contributed by atoms with E-state index >= 15 is 0 Å². The molecule has 0 saturated carbocycles. The summed E-state index contributed by atoms with van der Waals surface area (Å²) in [7, 11) is 0. The van der Waals surface area contributed by atoms with Crippen molar-refractivity contribution in [1.29, 1.82) is 0 Å². The first-order valence-corrected chi connectivity index (χ1v) is 10.8. The minimum absolute atomic E-state index is 0.241. The molecule has 1 N–H and O–H groups in total. The SMILES string of the molecule is c1ccc(C2=C(C[NH+]3CCCCC3)[C@H](c3ccccc3)c3ccccc3O2)cc1. The quantitative estimate of drug-likeness (QED) is 0.691. The van der Waals surface area contributed by atoms with Gasteiger partial charge < -0.3 is 9.64 Å². The van der Waals surface area contributed by atoms with Crippen LogP contribution in [0.2, 0.25) is 0 Å². The first-order chi connectivity index (χ1) is 14.4. The fourth-order valence-corrected chi connectivity index (χ4v) is 4.85. The number of hydrogen-bond acceptors (Lipinski definition) is 1. The minimum atomic E-state index is 0.241. The second-order valence-electron chi connectivity index (χ2n) is 8.19. The molecule has 1 saturated heterocycles. The summed E-state index contributed by atoms with van der Waals surface area (Å²) in [6.45, 7) is 3.56. The number of nitrogens with one attached hydrogen (secondary N) is 1. The lowest BCUT2D eigenvalue weighted by molar-refractivity contribution is -0.900. The van der Waals surface area contributed by atoms with Crippen LogP contribution in [0.25, 0.3) is 5.76 Å². The number of piperidine rings is 1. The molecular weight excluding hydrogens is 354 g/mol. The summed E-state index contributed by atoms with van der Waals surface area (Å²) in [5, 5.41) is 0. The fraction of sp³-hybridized carbons (Fsp3) is 0.259. The van der Waals surface area contributed by atoms with Crippen LogP contribution in [0.3, 0.4) is 0 Å². The first-order valence-electron chi connectivity index (χ1n) is 10.8. The van der Waals surface area contributed by atoms with E-state index in [1.54, 1.807) is 4.90 Å². The number of rotatable bonds is 4. The molecule has 0 aliphatic carbocycles. The maximum atomic E-state index is 6.59. The van der Waals surface area contributed by atoms with Crippen LogP contribution in [0.1, 0.15) is 41.9 Å². The van der Waals surface area contributed by atoms with Gasteiger partial charge in [-0.25, -0.2) is 0 Å². The van der Waals surface area contributed by atoms with Crippen molar-refractivity contribution in [3.63, 3.8) is 0 Å². The molecule has 0 radical (unpaired) electrons. The van der Waals surface area contributed by atoms with Gasteiger partial charge in [0.1, 0.15) is 18.1 Å². The molecule has 2 heteroatoms. The first kappa shape index (κ1) is 18.2. The van der Waals surface area contributed by atoms with Crippen LogP contribution in [0, 0.1) is 0 Å². The highest BCUT2D eigenvalue weighted by atomic mass is 16.5. The van der Waals surface area contributed by atoms with Crippen molar-refractivity contribution >= 4 is 5.76 Å². The van der Waals surface area contributed by atoms with Crippen LogP contribution >= 0.6 is 0 Å².